The number of aliphatic imine (C=N–C) groups is 1. The molecule has 24 heavy (non-hydrogen) atoms. The summed E-state index contributed by atoms with van der Waals surface area (Å²) in [6.45, 7) is 0. The molecule has 1 atom stereocenters. The standard InChI is InChI=1S/C20H16N2O2/c1-23-22-17-9-5-3-7-15(17)12-20(22)13-21-19-16-8-4-2-6-14(16)10-11-18(19)24-20/h2-11,13H,12H2,1H3. The van der Waals surface area contributed by atoms with E-state index < -0.39 is 5.72 Å². The third-order valence-corrected chi connectivity index (χ3v) is 4.73. The van der Waals surface area contributed by atoms with Gasteiger partial charge >= 0.3 is 0 Å². The number of hydroxylamine groups is 1. The number of hydrogen-bond acceptors (Lipinski definition) is 4. The van der Waals surface area contributed by atoms with Gasteiger partial charge in [-0.15, -0.1) is 0 Å². The molecule has 0 radical (unpaired) electrons. The minimum atomic E-state index is -0.728. The van der Waals surface area contributed by atoms with Gasteiger partial charge in [-0.25, -0.2) is 5.06 Å². The molecular formula is C20H16N2O2. The van der Waals surface area contributed by atoms with Crippen molar-refractivity contribution in [2.24, 2.45) is 4.99 Å². The van der Waals surface area contributed by atoms with E-state index in [0.717, 1.165) is 27.9 Å². The SMILES string of the molecule is CON1c2ccccc2CC12C=Nc1c(ccc3ccccc13)O2. The van der Waals surface area contributed by atoms with Crippen molar-refractivity contribution in [1.29, 1.82) is 0 Å². The molecule has 1 spiro atoms. The molecule has 0 bridgehead atoms. The van der Waals surface area contributed by atoms with E-state index in [1.54, 1.807) is 7.11 Å². The largest absolute Gasteiger partial charge is 0.458 e. The number of benzene rings is 3. The van der Waals surface area contributed by atoms with Crippen molar-refractivity contribution < 1.29 is 9.57 Å². The van der Waals surface area contributed by atoms with Crippen molar-refractivity contribution in [2.75, 3.05) is 12.2 Å². The van der Waals surface area contributed by atoms with Crippen molar-refractivity contribution in [3.63, 3.8) is 0 Å². The quantitative estimate of drug-likeness (QED) is 0.673. The molecule has 118 valence electrons. The van der Waals surface area contributed by atoms with Crippen LogP contribution in [0.1, 0.15) is 5.56 Å². The highest BCUT2D eigenvalue weighted by atomic mass is 16.7. The zero-order valence-corrected chi connectivity index (χ0v) is 13.3. The van der Waals surface area contributed by atoms with Crippen molar-refractivity contribution in [3.8, 4) is 5.75 Å². The second kappa shape index (κ2) is 4.82. The third-order valence-electron chi connectivity index (χ3n) is 4.73. The summed E-state index contributed by atoms with van der Waals surface area (Å²) in [4.78, 5) is 10.4. The van der Waals surface area contributed by atoms with Gasteiger partial charge in [-0.3, -0.25) is 9.83 Å². The fraction of sp³-hybridized carbons (Fsp3) is 0.150. The molecule has 2 aliphatic rings. The smallest absolute Gasteiger partial charge is 0.245 e. The second-order valence-corrected chi connectivity index (χ2v) is 6.12. The third kappa shape index (κ3) is 1.74. The van der Waals surface area contributed by atoms with Crippen molar-refractivity contribution in [1.82, 2.24) is 0 Å². The van der Waals surface area contributed by atoms with E-state index in [-0.39, 0.29) is 0 Å². The Morgan fingerprint density at radius 3 is 2.79 bits per heavy atom. The second-order valence-electron chi connectivity index (χ2n) is 6.12. The van der Waals surface area contributed by atoms with Gasteiger partial charge in [0.1, 0.15) is 11.4 Å². The average molecular weight is 316 g/mol. The van der Waals surface area contributed by atoms with Crippen LogP contribution in [0.15, 0.2) is 65.7 Å². The molecule has 1 unspecified atom stereocenters. The van der Waals surface area contributed by atoms with Gasteiger partial charge in [0, 0.05) is 11.8 Å². The lowest BCUT2D eigenvalue weighted by Gasteiger charge is -2.37. The first-order valence-corrected chi connectivity index (χ1v) is 7.99. The van der Waals surface area contributed by atoms with Crippen LogP contribution >= 0.6 is 0 Å². The Balaban J connectivity index is 1.65. The summed E-state index contributed by atoms with van der Waals surface area (Å²) < 4.78 is 6.43. The number of hydrogen-bond donors (Lipinski definition) is 0. The van der Waals surface area contributed by atoms with E-state index in [4.69, 9.17) is 14.6 Å². The maximum atomic E-state index is 6.43. The number of anilines is 1. The number of nitrogens with zero attached hydrogens (tertiary/aromatic N) is 2. The predicted octanol–water partition coefficient (Wildman–Crippen LogP) is 4.25. The fourth-order valence-corrected chi connectivity index (χ4v) is 3.67. The van der Waals surface area contributed by atoms with Crippen LogP contribution in [-0.4, -0.2) is 19.0 Å². The highest BCUT2D eigenvalue weighted by Crippen LogP contribution is 2.46. The van der Waals surface area contributed by atoms with Crippen LogP contribution in [-0.2, 0) is 11.3 Å². The van der Waals surface area contributed by atoms with Crippen LogP contribution in [0.4, 0.5) is 11.4 Å². The van der Waals surface area contributed by atoms with E-state index in [9.17, 15) is 0 Å². The summed E-state index contributed by atoms with van der Waals surface area (Å²) in [5.74, 6) is 0.783. The van der Waals surface area contributed by atoms with E-state index in [1.165, 1.54) is 5.56 Å². The van der Waals surface area contributed by atoms with Gasteiger partial charge in [-0.1, -0.05) is 48.5 Å². The lowest BCUT2D eigenvalue weighted by Crippen LogP contribution is -2.53. The summed E-state index contributed by atoms with van der Waals surface area (Å²) in [7, 11) is 1.66. The molecule has 0 saturated heterocycles. The molecule has 3 aromatic carbocycles. The van der Waals surface area contributed by atoms with Gasteiger partial charge in [0.25, 0.3) is 0 Å². The fourth-order valence-electron chi connectivity index (χ4n) is 3.67. The highest BCUT2D eigenvalue weighted by Gasteiger charge is 2.47. The van der Waals surface area contributed by atoms with Gasteiger partial charge in [0.15, 0.2) is 0 Å². The van der Waals surface area contributed by atoms with Crippen molar-refractivity contribution in [3.05, 3.63) is 66.2 Å². The Hall–Kier alpha value is -2.85. The highest BCUT2D eigenvalue weighted by molar-refractivity contribution is 5.99. The minimum Gasteiger partial charge on any atom is -0.458 e. The Morgan fingerprint density at radius 2 is 1.88 bits per heavy atom. The Morgan fingerprint density at radius 1 is 1.04 bits per heavy atom. The van der Waals surface area contributed by atoms with Gasteiger partial charge < -0.3 is 4.74 Å². The normalized spacial score (nSPS) is 21.0. The van der Waals surface area contributed by atoms with Crippen LogP contribution in [0, 0.1) is 0 Å². The van der Waals surface area contributed by atoms with Gasteiger partial charge in [0.05, 0.1) is 19.0 Å². The van der Waals surface area contributed by atoms with E-state index in [2.05, 4.69) is 24.3 Å². The summed E-state index contributed by atoms with van der Waals surface area (Å²) >= 11 is 0. The summed E-state index contributed by atoms with van der Waals surface area (Å²) in [6.07, 6.45) is 2.57. The lowest BCUT2D eigenvalue weighted by atomic mass is 10.0. The van der Waals surface area contributed by atoms with Crippen LogP contribution < -0.4 is 9.80 Å². The van der Waals surface area contributed by atoms with E-state index in [1.807, 2.05) is 47.7 Å². The average Bonchev–Trinajstić information content (AvgIpc) is 2.93. The Kier molecular flexibility index (Phi) is 2.73. The zero-order chi connectivity index (χ0) is 16.1. The van der Waals surface area contributed by atoms with Crippen molar-refractivity contribution >= 4 is 28.4 Å². The zero-order valence-electron chi connectivity index (χ0n) is 13.3. The van der Waals surface area contributed by atoms with Crippen LogP contribution in [0.3, 0.4) is 0 Å². The molecule has 2 aliphatic heterocycles. The Labute approximate surface area is 139 Å². The summed E-state index contributed by atoms with van der Waals surface area (Å²) in [5.41, 5.74) is 2.37. The number of rotatable bonds is 1. The topological polar surface area (TPSA) is 34.1 Å². The first kappa shape index (κ1) is 13.6. The molecule has 0 saturated carbocycles. The van der Waals surface area contributed by atoms with Crippen LogP contribution in [0.25, 0.3) is 10.8 Å². The lowest BCUT2D eigenvalue weighted by molar-refractivity contribution is 0.0240. The summed E-state index contributed by atoms with van der Waals surface area (Å²) in [5, 5.41) is 4.07. The molecular weight excluding hydrogens is 300 g/mol. The predicted molar refractivity (Wildman–Crippen MR) is 95.1 cm³/mol. The Bertz CT molecular complexity index is 982. The van der Waals surface area contributed by atoms with E-state index >= 15 is 0 Å². The van der Waals surface area contributed by atoms with Crippen molar-refractivity contribution in [2.45, 2.75) is 12.1 Å². The molecule has 0 N–H and O–H groups in total. The number of para-hydroxylation sites is 1. The molecule has 2 heterocycles. The van der Waals surface area contributed by atoms with Crippen LogP contribution in [0.2, 0.25) is 0 Å². The first-order valence-electron chi connectivity index (χ1n) is 7.99. The summed E-state index contributed by atoms with van der Waals surface area (Å²) in [6, 6.07) is 20.5. The monoisotopic (exact) mass is 316 g/mol. The van der Waals surface area contributed by atoms with Crippen LogP contribution in [0.5, 0.6) is 5.75 Å². The first-order chi connectivity index (χ1) is 11.8. The molecule has 4 nitrogen and oxygen atoms in total. The minimum absolute atomic E-state index is 0.701. The molecule has 4 heteroatoms. The number of ether oxygens (including phenoxy) is 1. The molecule has 5 rings (SSSR count). The maximum Gasteiger partial charge on any atom is 0.245 e. The van der Waals surface area contributed by atoms with Gasteiger partial charge in [0.2, 0.25) is 5.72 Å². The maximum absolute atomic E-state index is 6.43. The van der Waals surface area contributed by atoms with Gasteiger partial charge in [-0.2, -0.15) is 0 Å². The van der Waals surface area contributed by atoms with Gasteiger partial charge in [-0.05, 0) is 23.1 Å². The molecule has 0 aromatic heterocycles. The molecule has 0 fully saturated rings. The van der Waals surface area contributed by atoms with E-state index in [0.29, 0.717) is 6.42 Å². The molecule has 0 amide bonds. The molecule has 3 aromatic rings. The molecule has 0 aliphatic carbocycles. The number of fused-ring (bicyclic) bond motifs is 4.